The van der Waals surface area contributed by atoms with E-state index in [4.69, 9.17) is 0 Å². The number of hydrogen-bond donors (Lipinski definition) is 0. The van der Waals surface area contributed by atoms with Crippen molar-refractivity contribution in [3.8, 4) is 0 Å². The molecular weight excluding hydrogens is 244 g/mol. The Morgan fingerprint density at radius 2 is 1.55 bits per heavy atom. The molecule has 0 amide bonds. The van der Waals surface area contributed by atoms with Crippen molar-refractivity contribution in [3.05, 3.63) is 0 Å². The summed E-state index contributed by atoms with van der Waals surface area (Å²) in [7, 11) is 0. The SMILES string of the molecule is CC1CCC(C(=O)C23CC4CC(CC(C)(C4)C2)C3)CC1. The standard InChI is InChI=1S/C19H30O/c1-13-3-5-16(6-4-13)17(20)19-10-14-7-15(11-19)9-18(2,8-14)12-19/h13-16H,3-12H2,1-2H3. The summed E-state index contributed by atoms with van der Waals surface area (Å²) in [4.78, 5) is 13.3. The van der Waals surface area contributed by atoms with Crippen LogP contribution in [-0.4, -0.2) is 5.78 Å². The first-order valence-corrected chi connectivity index (χ1v) is 9.02. The van der Waals surface area contributed by atoms with Gasteiger partial charge in [-0.1, -0.05) is 26.7 Å². The summed E-state index contributed by atoms with van der Waals surface area (Å²) in [6.45, 7) is 4.84. The van der Waals surface area contributed by atoms with Gasteiger partial charge in [0.1, 0.15) is 5.78 Å². The van der Waals surface area contributed by atoms with Gasteiger partial charge in [-0.05, 0) is 74.5 Å². The Morgan fingerprint density at radius 3 is 2.10 bits per heavy atom. The molecule has 0 aromatic heterocycles. The van der Waals surface area contributed by atoms with Crippen LogP contribution in [0, 0.1) is 34.5 Å². The van der Waals surface area contributed by atoms with E-state index >= 15 is 0 Å². The van der Waals surface area contributed by atoms with Crippen molar-refractivity contribution >= 4 is 5.78 Å². The van der Waals surface area contributed by atoms with Crippen molar-refractivity contribution in [2.45, 2.75) is 78.1 Å². The number of hydrogen-bond acceptors (Lipinski definition) is 1. The van der Waals surface area contributed by atoms with Gasteiger partial charge in [0.2, 0.25) is 0 Å². The Bertz CT molecular complexity index is 401. The molecule has 0 N–H and O–H groups in total. The minimum atomic E-state index is 0.129. The molecule has 5 aliphatic carbocycles. The van der Waals surface area contributed by atoms with Gasteiger partial charge in [0, 0.05) is 11.3 Å². The molecule has 0 aromatic carbocycles. The number of rotatable bonds is 2. The monoisotopic (exact) mass is 274 g/mol. The quantitative estimate of drug-likeness (QED) is 0.693. The average molecular weight is 274 g/mol. The van der Waals surface area contributed by atoms with Gasteiger partial charge < -0.3 is 0 Å². The minimum absolute atomic E-state index is 0.129. The van der Waals surface area contributed by atoms with Crippen molar-refractivity contribution in [1.29, 1.82) is 0 Å². The predicted molar refractivity (Wildman–Crippen MR) is 81.4 cm³/mol. The van der Waals surface area contributed by atoms with E-state index in [1.807, 2.05) is 0 Å². The Kier molecular flexibility index (Phi) is 2.89. The van der Waals surface area contributed by atoms with Crippen LogP contribution in [0.3, 0.4) is 0 Å². The average Bonchev–Trinajstić information content (AvgIpc) is 2.36. The highest BCUT2D eigenvalue weighted by Crippen LogP contribution is 2.66. The summed E-state index contributed by atoms with van der Waals surface area (Å²) >= 11 is 0. The van der Waals surface area contributed by atoms with Crippen LogP contribution in [-0.2, 0) is 4.79 Å². The fraction of sp³-hybridized carbons (Fsp3) is 0.947. The van der Waals surface area contributed by atoms with E-state index in [1.165, 1.54) is 64.2 Å². The zero-order valence-corrected chi connectivity index (χ0v) is 13.3. The Morgan fingerprint density at radius 1 is 0.950 bits per heavy atom. The highest BCUT2D eigenvalue weighted by molar-refractivity contribution is 5.87. The van der Waals surface area contributed by atoms with Gasteiger partial charge in [-0.3, -0.25) is 4.79 Å². The normalized spacial score (nSPS) is 54.1. The summed E-state index contributed by atoms with van der Waals surface area (Å²) in [6, 6.07) is 0. The second kappa shape index (κ2) is 4.34. The molecule has 2 atom stereocenters. The van der Waals surface area contributed by atoms with Crippen LogP contribution < -0.4 is 0 Å². The maximum Gasteiger partial charge on any atom is 0.142 e. The lowest BCUT2D eigenvalue weighted by atomic mass is 9.43. The summed E-state index contributed by atoms with van der Waals surface area (Å²) in [5, 5.41) is 0. The molecule has 0 aliphatic heterocycles. The lowest BCUT2D eigenvalue weighted by Crippen LogP contribution is -2.55. The predicted octanol–water partition coefficient (Wildman–Crippen LogP) is 4.99. The molecule has 2 unspecified atom stereocenters. The van der Waals surface area contributed by atoms with Gasteiger partial charge in [-0.2, -0.15) is 0 Å². The highest BCUT2D eigenvalue weighted by atomic mass is 16.1. The van der Waals surface area contributed by atoms with E-state index in [0.29, 0.717) is 17.1 Å². The van der Waals surface area contributed by atoms with Crippen LogP contribution in [0.4, 0.5) is 0 Å². The smallest absolute Gasteiger partial charge is 0.142 e. The Hall–Kier alpha value is -0.330. The minimum Gasteiger partial charge on any atom is -0.299 e. The first kappa shape index (κ1) is 13.3. The lowest BCUT2D eigenvalue weighted by molar-refractivity contribution is -0.158. The van der Waals surface area contributed by atoms with Crippen LogP contribution in [0.25, 0.3) is 0 Å². The van der Waals surface area contributed by atoms with Crippen LogP contribution >= 0.6 is 0 Å². The van der Waals surface area contributed by atoms with Gasteiger partial charge in [-0.15, -0.1) is 0 Å². The number of carbonyl (C=O) groups is 1. The Balaban J connectivity index is 1.56. The van der Waals surface area contributed by atoms with Crippen LogP contribution in [0.2, 0.25) is 0 Å². The molecule has 0 spiro atoms. The second-order valence-electron chi connectivity index (χ2n) is 9.37. The summed E-state index contributed by atoms with van der Waals surface area (Å²) in [5.41, 5.74) is 0.645. The van der Waals surface area contributed by atoms with E-state index in [-0.39, 0.29) is 5.41 Å². The lowest BCUT2D eigenvalue weighted by Gasteiger charge is -2.61. The number of carbonyl (C=O) groups excluding carboxylic acids is 1. The van der Waals surface area contributed by atoms with Crippen molar-refractivity contribution in [1.82, 2.24) is 0 Å². The van der Waals surface area contributed by atoms with E-state index in [2.05, 4.69) is 13.8 Å². The molecule has 0 aromatic rings. The van der Waals surface area contributed by atoms with Crippen molar-refractivity contribution in [2.75, 3.05) is 0 Å². The fourth-order valence-electron chi connectivity index (χ4n) is 6.96. The molecule has 5 fully saturated rings. The second-order valence-corrected chi connectivity index (χ2v) is 9.37. The van der Waals surface area contributed by atoms with Gasteiger partial charge >= 0.3 is 0 Å². The molecule has 1 nitrogen and oxygen atoms in total. The third-order valence-electron chi connectivity index (χ3n) is 7.26. The van der Waals surface area contributed by atoms with Gasteiger partial charge in [0.25, 0.3) is 0 Å². The Labute approximate surface area is 123 Å². The van der Waals surface area contributed by atoms with Crippen molar-refractivity contribution < 1.29 is 4.79 Å². The van der Waals surface area contributed by atoms with E-state index in [0.717, 1.165) is 17.8 Å². The zero-order valence-electron chi connectivity index (χ0n) is 13.3. The van der Waals surface area contributed by atoms with Gasteiger partial charge in [0.15, 0.2) is 0 Å². The summed E-state index contributed by atoms with van der Waals surface area (Å²) in [5.74, 6) is 3.75. The molecule has 5 rings (SSSR count). The van der Waals surface area contributed by atoms with E-state index < -0.39 is 0 Å². The van der Waals surface area contributed by atoms with Crippen molar-refractivity contribution in [3.63, 3.8) is 0 Å². The molecule has 4 bridgehead atoms. The maximum absolute atomic E-state index is 13.3. The highest BCUT2D eigenvalue weighted by Gasteiger charge is 2.59. The van der Waals surface area contributed by atoms with Gasteiger partial charge in [0.05, 0.1) is 0 Å². The zero-order chi connectivity index (χ0) is 14.0. The van der Waals surface area contributed by atoms with Crippen LogP contribution in [0.1, 0.15) is 78.1 Å². The molecule has 5 saturated carbocycles. The summed E-state index contributed by atoms with van der Waals surface area (Å²) < 4.78 is 0. The number of ketones is 1. The first-order chi connectivity index (χ1) is 9.48. The molecule has 0 heterocycles. The molecule has 0 radical (unpaired) electrons. The molecular formula is C19H30O. The maximum atomic E-state index is 13.3. The van der Waals surface area contributed by atoms with E-state index in [9.17, 15) is 4.79 Å². The molecule has 112 valence electrons. The van der Waals surface area contributed by atoms with Crippen LogP contribution in [0.5, 0.6) is 0 Å². The van der Waals surface area contributed by atoms with Gasteiger partial charge in [-0.25, -0.2) is 0 Å². The topological polar surface area (TPSA) is 17.1 Å². The summed E-state index contributed by atoms with van der Waals surface area (Å²) in [6.07, 6.45) is 13.0. The third-order valence-corrected chi connectivity index (χ3v) is 7.26. The van der Waals surface area contributed by atoms with Crippen LogP contribution in [0.15, 0.2) is 0 Å². The van der Waals surface area contributed by atoms with E-state index in [1.54, 1.807) is 0 Å². The fourth-order valence-corrected chi connectivity index (χ4v) is 6.96. The van der Waals surface area contributed by atoms with Crippen molar-refractivity contribution in [2.24, 2.45) is 34.5 Å². The molecule has 20 heavy (non-hydrogen) atoms. The molecule has 0 saturated heterocycles. The molecule has 5 aliphatic rings. The number of Topliss-reactive ketones (excluding diaryl/α,β-unsaturated/α-hetero) is 1. The largest absolute Gasteiger partial charge is 0.299 e. The third kappa shape index (κ3) is 1.99. The first-order valence-electron chi connectivity index (χ1n) is 9.02. The molecule has 1 heteroatoms.